The number of carbonyl (C=O) groups excluding carboxylic acids is 1. The molecule has 9 nitrogen and oxygen atoms in total. The van der Waals surface area contributed by atoms with Gasteiger partial charge in [-0.2, -0.15) is 15.2 Å². The lowest BCUT2D eigenvalue weighted by atomic mass is 10.0. The molecule has 2 aliphatic heterocycles. The molecule has 2 aromatic heterocycles. The summed E-state index contributed by atoms with van der Waals surface area (Å²) < 4.78 is 50.9. The highest BCUT2D eigenvalue weighted by atomic mass is 35.5. The Balaban J connectivity index is 1.46. The van der Waals surface area contributed by atoms with E-state index in [1.165, 1.54) is 17.2 Å². The first kappa shape index (κ1) is 30.6. The van der Waals surface area contributed by atoms with Crippen LogP contribution in [0.3, 0.4) is 0 Å². The van der Waals surface area contributed by atoms with Crippen LogP contribution in [0, 0.1) is 23.0 Å². The molecule has 0 radical (unpaired) electrons. The second-order valence-electron chi connectivity index (χ2n) is 11.0. The number of hydrogen-bond donors (Lipinski definition) is 0. The first-order valence-corrected chi connectivity index (χ1v) is 15.0. The minimum Gasteiger partial charge on any atom is -0.462 e. The third-order valence-electron chi connectivity index (χ3n) is 8.51. The topological polar surface area (TPSA) is 98.5 Å². The lowest BCUT2D eigenvalue weighted by Crippen LogP contribution is -2.55. The molecule has 2 aromatic carbocycles. The molecule has 0 N–H and O–H groups in total. The van der Waals surface area contributed by atoms with E-state index in [1.54, 1.807) is 29.2 Å². The summed E-state index contributed by atoms with van der Waals surface area (Å²) in [5, 5.41) is 10.5. The Labute approximate surface area is 262 Å². The number of benzene rings is 2. The van der Waals surface area contributed by atoms with Gasteiger partial charge in [-0.15, -0.1) is 0 Å². The number of nitrogens with zero attached hydrogens (tertiary/aromatic N) is 7. The molecule has 0 aliphatic carbocycles. The third-order valence-corrected chi connectivity index (χ3v) is 8.88. The molecule has 6 rings (SSSR count). The fourth-order valence-electron chi connectivity index (χ4n) is 6.04. The van der Waals surface area contributed by atoms with Crippen LogP contribution in [0.2, 0.25) is 5.02 Å². The van der Waals surface area contributed by atoms with Crippen LogP contribution in [0.15, 0.2) is 48.9 Å². The van der Waals surface area contributed by atoms with Crippen molar-refractivity contribution in [3.05, 3.63) is 65.6 Å². The number of ether oxygens (including phenoxy) is 1. The standard InChI is InChI=1S/C32H29ClF3N7O2/c1-3-41-12-10-21(41)17-45-32-39-29-23(30(40-32)42-13-14-43(31(44)18(2)34)20(16-42)9-11-37)15-38-28(27(29)36)22-6-4-5-19-7-8-24(35)26(33)25(19)22/h4-8,15,20-21H,2-3,9-10,12-14,16-17H2,1H3/t20-,21+/m0/s1. The van der Waals surface area contributed by atoms with E-state index in [-0.39, 0.29) is 59.7 Å². The highest BCUT2D eigenvalue weighted by Crippen LogP contribution is 2.38. The molecule has 2 atom stereocenters. The van der Waals surface area contributed by atoms with Crippen molar-refractivity contribution in [2.75, 3.05) is 44.2 Å². The van der Waals surface area contributed by atoms with Gasteiger partial charge in [0.05, 0.1) is 28.9 Å². The molecule has 4 aromatic rings. The molecule has 2 fully saturated rings. The predicted molar refractivity (Wildman–Crippen MR) is 165 cm³/mol. The van der Waals surface area contributed by atoms with E-state index in [4.69, 9.17) is 16.3 Å². The van der Waals surface area contributed by atoms with Crippen molar-refractivity contribution < 1.29 is 22.7 Å². The molecular formula is C32H29ClF3N7O2. The average molecular weight is 636 g/mol. The molecule has 232 valence electrons. The fourth-order valence-corrected chi connectivity index (χ4v) is 6.32. The van der Waals surface area contributed by atoms with Crippen LogP contribution in [0.5, 0.6) is 6.01 Å². The van der Waals surface area contributed by atoms with E-state index in [9.17, 15) is 18.8 Å². The summed E-state index contributed by atoms with van der Waals surface area (Å²) in [6, 6.07) is 9.38. The van der Waals surface area contributed by atoms with Gasteiger partial charge in [-0.1, -0.05) is 49.4 Å². The van der Waals surface area contributed by atoms with Gasteiger partial charge >= 0.3 is 6.01 Å². The first-order chi connectivity index (χ1) is 21.7. The number of halogens is 4. The minimum atomic E-state index is -1.11. The number of pyridine rings is 1. The maximum atomic E-state index is 16.6. The number of aromatic nitrogens is 3. The molecule has 13 heteroatoms. The average Bonchev–Trinajstić information content (AvgIpc) is 3.02. The molecule has 2 aliphatic rings. The number of likely N-dealkylation sites (N-methyl/N-ethyl adjacent to an activating group) is 1. The van der Waals surface area contributed by atoms with Gasteiger partial charge in [0.25, 0.3) is 5.91 Å². The van der Waals surface area contributed by atoms with Crippen molar-refractivity contribution in [2.24, 2.45) is 0 Å². The maximum absolute atomic E-state index is 16.6. The number of hydrogen-bond acceptors (Lipinski definition) is 8. The van der Waals surface area contributed by atoms with Crippen LogP contribution in [0.1, 0.15) is 19.8 Å². The Morgan fingerprint density at radius 3 is 2.71 bits per heavy atom. The van der Waals surface area contributed by atoms with Gasteiger partial charge in [0.1, 0.15) is 29.5 Å². The predicted octanol–water partition coefficient (Wildman–Crippen LogP) is 5.66. The Morgan fingerprint density at radius 2 is 2.00 bits per heavy atom. The van der Waals surface area contributed by atoms with E-state index in [0.717, 1.165) is 19.5 Å². The summed E-state index contributed by atoms with van der Waals surface area (Å²) in [4.78, 5) is 31.3. The normalized spacial score (nSPS) is 18.6. The zero-order chi connectivity index (χ0) is 31.8. The summed E-state index contributed by atoms with van der Waals surface area (Å²) in [7, 11) is 0. The third kappa shape index (κ3) is 5.62. The summed E-state index contributed by atoms with van der Waals surface area (Å²) in [5.41, 5.74) is 0.143. The molecule has 0 unspecified atom stereocenters. The number of piperazine rings is 1. The maximum Gasteiger partial charge on any atom is 0.319 e. The number of nitriles is 1. The number of rotatable bonds is 8. The van der Waals surface area contributed by atoms with Crippen LogP contribution in [-0.4, -0.2) is 82.1 Å². The largest absolute Gasteiger partial charge is 0.462 e. The molecule has 45 heavy (non-hydrogen) atoms. The van der Waals surface area contributed by atoms with Crippen LogP contribution >= 0.6 is 11.6 Å². The number of carbonyl (C=O) groups is 1. The molecule has 0 spiro atoms. The van der Waals surface area contributed by atoms with Crippen molar-refractivity contribution >= 4 is 45.0 Å². The summed E-state index contributed by atoms with van der Waals surface area (Å²) in [5.74, 6) is -3.11. The highest BCUT2D eigenvalue weighted by molar-refractivity contribution is 6.36. The zero-order valence-electron chi connectivity index (χ0n) is 24.4. The number of likely N-dealkylation sites (tertiary alicyclic amines) is 1. The molecule has 0 bridgehead atoms. The monoisotopic (exact) mass is 635 g/mol. The Kier molecular flexibility index (Phi) is 8.48. The van der Waals surface area contributed by atoms with E-state index < -0.39 is 29.4 Å². The van der Waals surface area contributed by atoms with E-state index in [2.05, 4.69) is 39.4 Å². The van der Waals surface area contributed by atoms with Crippen molar-refractivity contribution in [3.63, 3.8) is 0 Å². The van der Waals surface area contributed by atoms with Gasteiger partial charge in [0.15, 0.2) is 11.6 Å². The molecular weight excluding hydrogens is 607 g/mol. The van der Waals surface area contributed by atoms with Crippen LogP contribution in [0.25, 0.3) is 32.9 Å². The number of amides is 1. The second kappa shape index (κ2) is 12.5. The summed E-state index contributed by atoms with van der Waals surface area (Å²) in [6.45, 7) is 7.70. The van der Waals surface area contributed by atoms with Crippen molar-refractivity contribution in [2.45, 2.75) is 31.8 Å². The van der Waals surface area contributed by atoms with E-state index >= 15 is 4.39 Å². The first-order valence-electron chi connectivity index (χ1n) is 14.6. The lowest BCUT2D eigenvalue weighted by Gasteiger charge is -2.41. The smallest absolute Gasteiger partial charge is 0.319 e. The van der Waals surface area contributed by atoms with Crippen molar-refractivity contribution in [1.29, 1.82) is 5.26 Å². The lowest BCUT2D eigenvalue weighted by molar-refractivity contribution is -0.131. The Morgan fingerprint density at radius 1 is 1.18 bits per heavy atom. The van der Waals surface area contributed by atoms with Crippen LogP contribution in [0.4, 0.5) is 19.0 Å². The molecule has 0 saturated carbocycles. The van der Waals surface area contributed by atoms with Crippen molar-refractivity contribution in [3.8, 4) is 23.3 Å². The second-order valence-corrected chi connectivity index (χ2v) is 11.4. The highest BCUT2D eigenvalue weighted by Gasteiger charge is 2.34. The summed E-state index contributed by atoms with van der Waals surface area (Å²) >= 11 is 6.35. The van der Waals surface area contributed by atoms with Crippen molar-refractivity contribution in [1.82, 2.24) is 24.8 Å². The Bertz CT molecular complexity index is 1860. The van der Waals surface area contributed by atoms with Gasteiger partial charge in [-0.3, -0.25) is 14.7 Å². The number of fused-ring (bicyclic) bond motifs is 2. The minimum absolute atomic E-state index is 0.0500. The molecule has 2 saturated heterocycles. The van der Waals surface area contributed by atoms with Crippen LogP contribution < -0.4 is 9.64 Å². The molecule has 1 amide bonds. The van der Waals surface area contributed by atoms with Crippen LogP contribution in [-0.2, 0) is 4.79 Å². The van der Waals surface area contributed by atoms with E-state index in [0.29, 0.717) is 28.8 Å². The van der Waals surface area contributed by atoms with E-state index in [1.807, 2.05) is 0 Å². The van der Waals surface area contributed by atoms with Gasteiger partial charge in [0, 0.05) is 49.4 Å². The van der Waals surface area contributed by atoms with Gasteiger partial charge < -0.3 is 14.5 Å². The summed E-state index contributed by atoms with van der Waals surface area (Å²) in [6.07, 6.45) is 2.32. The molecule has 4 heterocycles. The van der Waals surface area contributed by atoms with Gasteiger partial charge in [-0.05, 0) is 24.4 Å². The number of anilines is 1. The van der Waals surface area contributed by atoms with Gasteiger partial charge in [-0.25, -0.2) is 13.2 Å². The Hall–Kier alpha value is -4.47. The SMILES string of the molecule is C=C(F)C(=O)N1CCN(c2nc(OC[C@H]3CCN3CC)nc3c(F)c(-c4cccc5ccc(F)c(Cl)c45)ncc23)C[C@@H]1CC#N. The van der Waals surface area contributed by atoms with Gasteiger partial charge in [0.2, 0.25) is 0 Å². The quantitative estimate of drug-likeness (QED) is 0.229. The fraction of sp³-hybridized carbons (Fsp3) is 0.344. The zero-order valence-corrected chi connectivity index (χ0v) is 25.2.